The molecular formula is C12H16N4O2. The van der Waals surface area contributed by atoms with Crippen molar-refractivity contribution in [2.24, 2.45) is 5.73 Å². The van der Waals surface area contributed by atoms with E-state index in [0.717, 1.165) is 11.1 Å². The zero-order valence-electron chi connectivity index (χ0n) is 10.5. The van der Waals surface area contributed by atoms with Gasteiger partial charge in [0, 0.05) is 19.0 Å². The molecule has 0 saturated carbocycles. The highest BCUT2D eigenvalue weighted by Gasteiger charge is 2.15. The molecule has 0 radical (unpaired) electrons. The molecule has 0 aromatic carbocycles. The van der Waals surface area contributed by atoms with E-state index < -0.39 is 0 Å². The van der Waals surface area contributed by atoms with E-state index in [1.807, 2.05) is 19.9 Å². The summed E-state index contributed by atoms with van der Waals surface area (Å²) in [6.45, 7) is 4.85. The van der Waals surface area contributed by atoms with Gasteiger partial charge in [0.15, 0.2) is 5.82 Å². The Morgan fingerprint density at radius 1 is 1.44 bits per heavy atom. The molecule has 0 amide bonds. The quantitative estimate of drug-likeness (QED) is 0.862. The third kappa shape index (κ3) is 2.91. The van der Waals surface area contributed by atoms with Gasteiger partial charge in [0.1, 0.15) is 0 Å². The zero-order valence-corrected chi connectivity index (χ0v) is 10.5. The van der Waals surface area contributed by atoms with Gasteiger partial charge in [0.05, 0.1) is 18.2 Å². The van der Waals surface area contributed by atoms with Gasteiger partial charge in [-0.15, -0.1) is 0 Å². The first-order chi connectivity index (χ1) is 8.70. The third-order valence-corrected chi connectivity index (χ3v) is 2.40. The van der Waals surface area contributed by atoms with Crippen LogP contribution >= 0.6 is 0 Å². The molecule has 2 rings (SSSR count). The Morgan fingerprint density at radius 2 is 2.28 bits per heavy atom. The topological polar surface area (TPSA) is 87.1 Å². The zero-order chi connectivity index (χ0) is 13.0. The van der Waals surface area contributed by atoms with Gasteiger partial charge in [-0.05, 0) is 25.5 Å². The average molecular weight is 248 g/mol. The minimum atomic E-state index is -0.375. The van der Waals surface area contributed by atoms with E-state index >= 15 is 0 Å². The number of hydrogen-bond acceptors (Lipinski definition) is 6. The van der Waals surface area contributed by atoms with E-state index in [-0.39, 0.29) is 6.04 Å². The molecule has 0 aliphatic carbocycles. The highest BCUT2D eigenvalue weighted by atomic mass is 16.5. The van der Waals surface area contributed by atoms with Gasteiger partial charge in [-0.3, -0.25) is 4.98 Å². The van der Waals surface area contributed by atoms with Gasteiger partial charge in [-0.1, -0.05) is 5.16 Å². The molecule has 1 atom stereocenters. The monoisotopic (exact) mass is 248 g/mol. The normalized spacial score (nSPS) is 12.6. The van der Waals surface area contributed by atoms with Crippen LogP contribution in [-0.4, -0.2) is 28.3 Å². The van der Waals surface area contributed by atoms with Crippen molar-refractivity contribution in [2.75, 3.05) is 13.2 Å². The van der Waals surface area contributed by atoms with Crippen LogP contribution in [0.4, 0.5) is 0 Å². The van der Waals surface area contributed by atoms with E-state index in [4.69, 9.17) is 15.0 Å². The summed E-state index contributed by atoms with van der Waals surface area (Å²) >= 11 is 0. The van der Waals surface area contributed by atoms with Crippen LogP contribution in [0.5, 0.6) is 0 Å². The lowest BCUT2D eigenvalue weighted by Crippen LogP contribution is -2.18. The van der Waals surface area contributed by atoms with Crippen LogP contribution in [0, 0.1) is 6.92 Å². The van der Waals surface area contributed by atoms with Gasteiger partial charge >= 0.3 is 0 Å². The number of rotatable bonds is 5. The predicted octanol–water partition coefficient (Wildman–Crippen LogP) is 1.48. The average Bonchev–Trinajstić information content (AvgIpc) is 2.85. The van der Waals surface area contributed by atoms with Crippen LogP contribution in [0.3, 0.4) is 0 Å². The van der Waals surface area contributed by atoms with Gasteiger partial charge in [0.2, 0.25) is 0 Å². The molecule has 0 bridgehead atoms. The van der Waals surface area contributed by atoms with Crippen LogP contribution in [0.1, 0.15) is 24.4 Å². The molecule has 1 unspecified atom stereocenters. The summed E-state index contributed by atoms with van der Waals surface area (Å²) in [6, 6.07) is 1.55. The summed E-state index contributed by atoms with van der Waals surface area (Å²) in [6.07, 6.45) is 3.44. The van der Waals surface area contributed by atoms with Gasteiger partial charge in [0.25, 0.3) is 5.89 Å². The van der Waals surface area contributed by atoms with E-state index in [2.05, 4.69) is 15.1 Å². The smallest absolute Gasteiger partial charge is 0.259 e. The minimum Gasteiger partial charge on any atom is -0.380 e. The van der Waals surface area contributed by atoms with Crippen molar-refractivity contribution in [3.63, 3.8) is 0 Å². The van der Waals surface area contributed by atoms with Crippen LogP contribution in [0.15, 0.2) is 23.0 Å². The Hall–Kier alpha value is -1.79. The van der Waals surface area contributed by atoms with E-state index in [0.29, 0.717) is 24.9 Å². The summed E-state index contributed by atoms with van der Waals surface area (Å²) < 4.78 is 10.4. The van der Waals surface area contributed by atoms with Crippen molar-refractivity contribution in [1.29, 1.82) is 0 Å². The number of aromatic nitrogens is 3. The Labute approximate surface area is 105 Å². The Bertz CT molecular complexity index is 512. The molecule has 0 aliphatic heterocycles. The molecule has 6 nitrogen and oxygen atoms in total. The van der Waals surface area contributed by atoms with Crippen molar-refractivity contribution in [1.82, 2.24) is 15.1 Å². The molecule has 0 fully saturated rings. The maximum atomic E-state index is 5.88. The molecule has 0 saturated heterocycles. The molecule has 2 aromatic heterocycles. The lowest BCUT2D eigenvalue weighted by molar-refractivity contribution is 0.130. The summed E-state index contributed by atoms with van der Waals surface area (Å²) in [5, 5.41) is 3.86. The largest absolute Gasteiger partial charge is 0.380 e. The van der Waals surface area contributed by atoms with Gasteiger partial charge in [-0.2, -0.15) is 4.98 Å². The molecule has 96 valence electrons. The summed E-state index contributed by atoms with van der Waals surface area (Å²) in [7, 11) is 0. The third-order valence-electron chi connectivity index (χ3n) is 2.40. The fraction of sp³-hybridized carbons (Fsp3) is 0.417. The van der Waals surface area contributed by atoms with Crippen LogP contribution in [0.25, 0.3) is 11.5 Å². The summed E-state index contributed by atoms with van der Waals surface area (Å²) in [4.78, 5) is 8.33. The van der Waals surface area contributed by atoms with E-state index in [1.165, 1.54) is 0 Å². The number of hydrogen-bond donors (Lipinski definition) is 1. The Morgan fingerprint density at radius 3 is 3.00 bits per heavy atom. The summed E-state index contributed by atoms with van der Waals surface area (Å²) in [5.41, 5.74) is 7.70. The van der Waals surface area contributed by atoms with Crippen molar-refractivity contribution in [3.8, 4) is 11.5 Å². The number of ether oxygens (including phenoxy) is 1. The highest BCUT2D eigenvalue weighted by molar-refractivity contribution is 5.51. The van der Waals surface area contributed by atoms with Crippen molar-refractivity contribution in [2.45, 2.75) is 19.9 Å². The first-order valence-corrected chi connectivity index (χ1v) is 5.79. The van der Waals surface area contributed by atoms with Gasteiger partial charge < -0.3 is 15.0 Å². The van der Waals surface area contributed by atoms with Crippen LogP contribution in [0.2, 0.25) is 0 Å². The molecule has 0 spiro atoms. The van der Waals surface area contributed by atoms with Gasteiger partial charge in [-0.25, -0.2) is 0 Å². The van der Waals surface area contributed by atoms with Crippen LogP contribution in [-0.2, 0) is 4.74 Å². The number of pyridine rings is 1. The molecule has 18 heavy (non-hydrogen) atoms. The number of nitrogens with two attached hydrogens (primary N) is 1. The SMILES string of the molecule is CCOCC(N)c1noc(-c2cncc(C)c2)n1. The first-order valence-electron chi connectivity index (χ1n) is 5.79. The molecule has 6 heteroatoms. The highest BCUT2D eigenvalue weighted by Crippen LogP contribution is 2.18. The fourth-order valence-electron chi connectivity index (χ4n) is 1.49. The predicted molar refractivity (Wildman–Crippen MR) is 65.7 cm³/mol. The Balaban J connectivity index is 2.15. The molecule has 0 aliphatic rings. The molecular weight excluding hydrogens is 232 g/mol. The molecule has 2 aromatic rings. The van der Waals surface area contributed by atoms with Crippen molar-refractivity contribution < 1.29 is 9.26 Å². The number of nitrogens with zero attached hydrogens (tertiary/aromatic N) is 3. The van der Waals surface area contributed by atoms with Crippen molar-refractivity contribution in [3.05, 3.63) is 29.8 Å². The summed E-state index contributed by atoms with van der Waals surface area (Å²) in [5.74, 6) is 0.869. The molecule has 2 N–H and O–H groups in total. The minimum absolute atomic E-state index is 0.375. The Kier molecular flexibility index (Phi) is 4.01. The second-order valence-corrected chi connectivity index (χ2v) is 3.97. The second kappa shape index (κ2) is 5.70. The van der Waals surface area contributed by atoms with Crippen LogP contribution < -0.4 is 5.73 Å². The lowest BCUT2D eigenvalue weighted by atomic mass is 10.2. The lowest BCUT2D eigenvalue weighted by Gasteiger charge is -2.05. The standard InChI is InChI=1S/C12H16N4O2/c1-3-17-7-10(13)11-15-12(18-16-11)9-4-8(2)5-14-6-9/h4-6,10H,3,7,13H2,1-2H3. The first kappa shape index (κ1) is 12.7. The second-order valence-electron chi connectivity index (χ2n) is 3.97. The van der Waals surface area contributed by atoms with E-state index in [9.17, 15) is 0 Å². The molecule has 2 heterocycles. The van der Waals surface area contributed by atoms with E-state index in [1.54, 1.807) is 12.4 Å². The maximum absolute atomic E-state index is 5.88. The maximum Gasteiger partial charge on any atom is 0.259 e. The van der Waals surface area contributed by atoms with Crippen molar-refractivity contribution >= 4 is 0 Å². The number of aryl methyl sites for hydroxylation is 1. The fourth-order valence-corrected chi connectivity index (χ4v) is 1.49.